The topological polar surface area (TPSA) is 45.9 Å². The molecule has 0 amide bonds. The molecule has 3 heterocycles. The maximum Gasteiger partial charge on any atom is 0.137 e. The van der Waals surface area contributed by atoms with E-state index in [4.69, 9.17) is 13.3 Å². The predicted molar refractivity (Wildman–Crippen MR) is 395 cm³/mol. The summed E-state index contributed by atoms with van der Waals surface area (Å²) in [6, 6.07) is 110. The van der Waals surface area contributed by atoms with E-state index < -0.39 is 0 Å². The van der Waals surface area contributed by atoms with Crippen LogP contribution in [0.2, 0.25) is 0 Å². The molecule has 0 aliphatic heterocycles. The molecule has 2 aliphatic rings. The van der Waals surface area contributed by atoms with E-state index in [-0.39, 0.29) is 10.8 Å². The lowest BCUT2D eigenvalue weighted by Gasteiger charge is -2.32. The second kappa shape index (κ2) is 20.8. The summed E-state index contributed by atoms with van der Waals surface area (Å²) >= 11 is 0. The molecule has 0 saturated heterocycles. The van der Waals surface area contributed by atoms with Crippen molar-refractivity contribution in [3.05, 3.63) is 326 Å². The van der Waals surface area contributed by atoms with Gasteiger partial charge in [-0.15, -0.1) is 0 Å². The van der Waals surface area contributed by atoms with Gasteiger partial charge in [0.15, 0.2) is 0 Å². The second-order valence-corrected chi connectivity index (χ2v) is 26.7. The Bertz CT molecular complexity index is 5570. The third-order valence-electron chi connectivity index (χ3n) is 20.6. The average molecular weight is 1220 g/mol. The van der Waals surface area contributed by atoms with Crippen LogP contribution in [0.4, 0.5) is 34.1 Å². The molecule has 14 aromatic carbocycles. The molecule has 17 aromatic rings. The Hall–Kier alpha value is -11.9. The first-order chi connectivity index (χ1) is 46.6. The van der Waals surface area contributed by atoms with Crippen molar-refractivity contribution in [1.29, 1.82) is 0 Å². The number of rotatable bonds is 10. The molecule has 0 N–H and O–H groups in total. The molecule has 0 fully saturated rings. The summed E-state index contributed by atoms with van der Waals surface area (Å²) in [5, 5.41) is 5.98. The van der Waals surface area contributed by atoms with Gasteiger partial charge < -0.3 is 23.1 Å². The van der Waals surface area contributed by atoms with Gasteiger partial charge in [0.2, 0.25) is 0 Å². The van der Waals surface area contributed by atoms with Crippen LogP contribution in [0.25, 0.3) is 133 Å². The van der Waals surface area contributed by atoms with Gasteiger partial charge in [0.05, 0.1) is 11.4 Å². The smallest absolute Gasteiger partial charge is 0.137 e. The Morgan fingerprint density at radius 2 is 0.495 bits per heavy atom. The first kappa shape index (κ1) is 54.8. The molecule has 19 rings (SSSR count). The van der Waals surface area contributed by atoms with Crippen molar-refractivity contribution in [2.75, 3.05) is 9.80 Å². The maximum absolute atomic E-state index is 7.00. The predicted octanol–water partition coefficient (Wildman–Crippen LogP) is 25.6. The van der Waals surface area contributed by atoms with Crippen LogP contribution < -0.4 is 9.80 Å². The van der Waals surface area contributed by atoms with Crippen LogP contribution in [0.15, 0.2) is 317 Å². The van der Waals surface area contributed by atoms with Crippen LogP contribution in [-0.2, 0) is 10.8 Å². The van der Waals surface area contributed by atoms with E-state index >= 15 is 0 Å². The van der Waals surface area contributed by atoms with Gasteiger partial charge in [-0.1, -0.05) is 234 Å². The van der Waals surface area contributed by atoms with Gasteiger partial charge in [-0.2, -0.15) is 0 Å². The molecule has 0 radical (unpaired) electrons. The number of furan rings is 3. The lowest BCUT2D eigenvalue weighted by Crippen LogP contribution is -2.20. The lowest BCUT2D eigenvalue weighted by atomic mass is 9.81. The Kier molecular flexibility index (Phi) is 12.0. The largest absolute Gasteiger partial charge is 0.456 e. The van der Waals surface area contributed by atoms with Gasteiger partial charge in [-0.25, -0.2) is 0 Å². The summed E-state index contributed by atoms with van der Waals surface area (Å²) in [7, 11) is 0. The Morgan fingerprint density at radius 3 is 0.853 bits per heavy atom. The van der Waals surface area contributed by atoms with E-state index in [2.05, 4.69) is 341 Å². The SMILES string of the molecule is CC1(C)c2ccccc2-c2cccc(N(c3ccc(-c4ccc(-c5ccccc5)cc4)cc3)c3ccc4c(c3)oc3cc5c(cc34)oc3cc4c(cc35)oc3cc(N(c5ccc(-c6ccc(-c7ccccc7)cc6)cc5)c5cccc6c5C(C)(C)c5ccccc5-6)ccc34)c21. The summed E-state index contributed by atoms with van der Waals surface area (Å²) in [6.45, 7) is 9.43. The minimum Gasteiger partial charge on any atom is -0.456 e. The summed E-state index contributed by atoms with van der Waals surface area (Å²) < 4.78 is 20.9. The molecule has 0 spiro atoms. The van der Waals surface area contributed by atoms with Crippen LogP contribution in [0, 0.1) is 0 Å². The quantitative estimate of drug-likeness (QED) is 0.137. The number of hydrogen-bond acceptors (Lipinski definition) is 5. The van der Waals surface area contributed by atoms with Crippen LogP contribution in [0.1, 0.15) is 49.9 Å². The zero-order valence-electron chi connectivity index (χ0n) is 53.0. The van der Waals surface area contributed by atoms with Gasteiger partial charge in [-0.3, -0.25) is 0 Å². The van der Waals surface area contributed by atoms with Crippen molar-refractivity contribution < 1.29 is 13.3 Å². The van der Waals surface area contributed by atoms with Crippen molar-refractivity contribution in [2.45, 2.75) is 38.5 Å². The fourth-order valence-corrected chi connectivity index (χ4v) is 16.0. The zero-order chi connectivity index (χ0) is 63.3. The highest BCUT2D eigenvalue weighted by Gasteiger charge is 2.40. The number of fused-ring (bicyclic) bond motifs is 15. The third-order valence-corrected chi connectivity index (χ3v) is 20.6. The molecule has 0 bridgehead atoms. The average Bonchev–Trinajstić information content (AvgIpc) is 1.59. The van der Waals surface area contributed by atoms with Crippen molar-refractivity contribution >= 4 is 99.9 Å². The fraction of sp³-hybridized carbons (Fsp3) is 0.0667. The number of nitrogens with zero attached hydrogens (tertiary/aromatic N) is 2. The molecule has 5 nitrogen and oxygen atoms in total. The molecule has 0 unspecified atom stereocenters. The molecular weight excluding hydrogens is 1160 g/mol. The second-order valence-electron chi connectivity index (χ2n) is 26.7. The van der Waals surface area contributed by atoms with E-state index in [1.54, 1.807) is 0 Å². The molecule has 95 heavy (non-hydrogen) atoms. The number of benzene rings is 14. The summed E-state index contributed by atoms with van der Waals surface area (Å²) in [6.07, 6.45) is 0. The molecular formula is C90H62N2O3. The minimum atomic E-state index is -0.250. The Morgan fingerprint density at radius 1 is 0.221 bits per heavy atom. The monoisotopic (exact) mass is 1220 g/mol. The standard InChI is InChI=1S/C90H62N2O3/c1-89(2)77-25-13-11-21-67(77)71-23-15-27-79(87(71)89)91(63-41-37-61(38-42-63)59-33-29-57(30-34-59)55-17-7-5-8-18-55)65-45-47-69-73-51-85-75(53-83(73)93-81(69)49-65)76-54-84-74(52-86(76)95-85)70-48-46-66(50-82(70)94-84)92(80-28-16-24-72-68-22-12-14-26-78(68)90(3,4)88(72)80)64-43-39-62(40-44-64)60-35-31-58(32-36-60)56-19-9-6-10-20-56/h5-54H,1-4H3. The third kappa shape index (κ3) is 8.55. The highest BCUT2D eigenvalue weighted by Crippen LogP contribution is 2.57. The Balaban J connectivity index is 0.693. The van der Waals surface area contributed by atoms with Gasteiger partial charge in [-0.05, 0) is 174 Å². The van der Waals surface area contributed by atoms with E-state index in [0.29, 0.717) is 0 Å². The zero-order valence-corrected chi connectivity index (χ0v) is 53.0. The molecule has 0 saturated carbocycles. The highest BCUT2D eigenvalue weighted by atomic mass is 16.3. The van der Waals surface area contributed by atoms with E-state index in [0.717, 1.165) is 111 Å². The first-order valence-corrected chi connectivity index (χ1v) is 32.9. The van der Waals surface area contributed by atoms with Gasteiger partial charge in [0.25, 0.3) is 0 Å². The number of anilines is 6. The molecule has 0 atom stereocenters. The van der Waals surface area contributed by atoms with Crippen molar-refractivity contribution in [3.8, 4) is 66.8 Å². The minimum absolute atomic E-state index is 0.250. The summed E-state index contributed by atoms with van der Waals surface area (Å²) in [4.78, 5) is 4.83. The van der Waals surface area contributed by atoms with Gasteiger partial charge >= 0.3 is 0 Å². The molecule has 5 heteroatoms. The van der Waals surface area contributed by atoms with Crippen molar-refractivity contribution in [3.63, 3.8) is 0 Å². The normalized spacial score (nSPS) is 13.4. The van der Waals surface area contributed by atoms with Crippen LogP contribution in [-0.4, -0.2) is 0 Å². The van der Waals surface area contributed by atoms with Gasteiger partial charge in [0, 0.05) is 78.0 Å². The van der Waals surface area contributed by atoms with Crippen LogP contribution in [0.3, 0.4) is 0 Å². The fourth-order valence-electron chi connectivity index (χ4n) is 16.0. The Labute approximate surface area is 550 Å². The summed E-state index contributed by atoms with van der Waals surface area (Å²) in [5.41, 5.74) is 30.5. The number of hydrogen-bond donors (Lipinski definition) is 0. The van der Waals surface area contributed by atoms with Gasteiger partial charge in [0.1, 0.15) is 33.5 Å². The maximum atomic E-state index is 7.00. The molecule has 450 valence electrons. The van der Waals surface area contributed by atoms with E-state index in [1.807, 2.05) is 0 Å². The van der Waals surface area contributed by atoms with Crippen molar-refractivity contribution in [1.82, 2.24) is 0 Å². The van der Waals surface area contributed by atoms with Crippen LogP contribution in [0.5, 0.6) is 0 Å². The van der Waals surface area contributed by atoms with Crippen molar-refractivity contribution in [2.24, 2.45) is 0 Å². The first-order valence-electron chi connectivity index (χ1n) is 32.9. The molecule has 2 aliphatic carbocycles. The van der Waals surface area contributed by atoms with E-state index in [9.17, 15) is 0 Å². The molecule has 3 aromatic heterocycles. The van der Waals surface area contributed by atoms with Crippen LogP contribution >= 0.6 is 0 Å². The highest BCUT2D eigenvalue weighted by molar-refractivity contribution is 6.19. The summed E-state index contributed by atoms with van der Waals surface area (Å²) in [5.74, 6) is 0. The lowest BCUT2D eigenvalue weighted by molar-refractivity contribution is 0.660. The van der Waals surface area contributed by atoms with E-state index in [1.165, 1.54) is 77.9 Å².